The van der Waals surface area contributed by atoms with Crippen molar-refractivity contribution < 1.29 is 5.11 Å². The molecule has 0 fully saturated rings. The molecular weight excluding hydrogens is 480 g/mol. The van der Waals surface area contributed by atoms with Crippen LogP contribution in [0.4, 0.5) is 5.69 Å². The van der Waals surface area contributed by atoms with Gasteiger partial charge in [0.05, 0.1) is 11.4 Å². The lowest BCUT2D eigenvalue weighted by Crippen LogP contribution is -2.31. The first-order valence-electron chi connectivity index (χ1n) is 9.21. The van der Waals surface area contributed by atoms with Crippen LogP contribution in [-0.2, 0) is 0 Å². The van der Waals surface area contributed by atoms with Gasteiger partial charge in [-0.05, 0) is 86.0 Å². The number of aromatic hydroxyl groups is 1. The number of nitrogens with zero attached hydrogens (tertiary/aromatic N) is 3. The summed E-state index contributed by atoms with van der Waals surface area (Å²) in [5.41, 5.74) is 2.80. The van der Waals surface area contributed by atoms with Crippen LogP contribution in [0.25, 0.3) is 5.69 Å². The molecule has 0 atom stereocenters. The summed E-state index contributed by atoms with van der Waals surface area (Å²) >= 11 is 4.51. The second-order valence-electron chi connectivity index (χ2n) is 7.00. The van der Waals surface area contributed by atoms with E-state index in [4.69, 9.17) is 5.26 Å². The Hall–Kier alpha value is -3.09. The maximum absolute atomic E-state index is 12.5. The Labute approximate surface area is 191 Å². The van der Waals surface area contributed by atoms with Crippen LogP contribution in [0.5, 0.6) is 5.88 Å². The fraction of sp³-hybridized carbons (Fsp3) is 0.182. The Kier molecular flexibility index (Phi) is 6.53. The van der Waals surface area contributed by atoms with E-state index in [2.05, 4.69) is 25.9 Å². The van der Waals surface area contributed by atoms with E-state index in [0.29, 0.717) is 11.4 Å². The van der Waals surface area contributed by atoms with Gasteiger partial charge < -0.3 is 5.11 Å². The van der Waals surface area contributed by atoms with Gasteiger partial charge >= 0.3 is 5.69 Å². The van der Waals surface area contributed by atoms with Gasteiger partial charge in [-0.3, -0.25) is 14.8 Å². The SMILES string of the molecule is Cc1cc(SC#N)c(C)cc1N=Cc1c(O)n(-c2ccc(Br)c(C)c2C)c(=O)[nH]c1=O. The zero-order valence-electron chi connectivity index (χ0n) is 17.3. The van der Waals surface area contributed by atoms with E-state index in [1.165, 1.54) is 6.21 Å². The third-order valence-corrected chi connectivity index (χ3v) is 6.65. The summed E-state index contributed by atoms with van der Waals surface area (Å²) < 4.78 is 1.93. The van der Waals surface area contributed by atoms with Crippen molar-refractivity contribution in [1.82, 2.24) is 9.55 Å². The van der Waals surface area contributed by atoms with Crippen molar-refractivity contribution in [3.8, 4) is 17.0 Å². The molecule has 0 aliphatic rings. The van der Waals surface area contributed by atoms with E-state index >= 15 is 0 Å². The van der Waals surface area contributed by atoms with Crippen LogP contribution in [0.15, 0.2) is 48.2 Å². The molecule has 31 heavy (non-hydrogen) atoms. The number of aryl methyl sites for hydroxylation is 2. The lowest BCUT2D eigenvalue weighted by atomic mass is 10.1. The van der Waals surface area contributed by atoms with Crippen LogP contribution >= 0.6 is 27.7 Å². The van der Waals surface area contributed by atoms with Crippen LogP contribution in [0.2, 0.25) is 0 Å². The summed E-state index contributed by atoms with van der Waals surface area (Å²) in [6, 6.07) is 7.10. The maximum Gasteiger partial charge on any atom is 0.335 e. The van der Waals surface area contributed by atoms with Crippen LogP contribution < -0.4 is 11.2 Å². The van der Waals surface area contributed by atoms with Gasteiger partial charge in [0.1, 0.15) is 11.0 Å². The van der Waals surface area contributed by atoms with Crippen molar-refractivity contribution in [2.75, 3.05) is 0 Å². The summed E-state index contributed by atoms with van der Waals surface area (Å²) in [4.78, 5) is 32.3. The molecule has 2 aromatic carbocycles. The first-order chi connectivity index (χ1) is 14.6. The number of aromatic nitrogens is 2. The molecule has 0 unspecified atom stereocenters. The van der Waals surface area contributed by atoms with Gasteiger partial charge in [0.2, 0.25) is 5.88 Å². The highest BCUT2D eigenvalue weighted by atomic mass is 79.9. The summed E-state index contributed by atoms with van der Waals surface area (Å²) in [6.45, 7) is 7.42. The van der Waals surface area contributed by atoms with Gasteiger partial charge in [0.15, 0.2) is 0 Å². The van der Waals surface area contributed by atoms with E-state index in [9.17, 15) is 14.7 Å². The van der Waals surface area contributed by atoms with Crippen LogP contribution in [0.1, 0.15) is 27.8 Å². The number of nitriles is 1. The first kappa shape index (κ1) is 22.6. The van der Waals surface area contributed by atoms with Crippen LogP contribution in [0.3, 0.4) is 0 Å². The Morgan fingerprint density at radius 2 is 1.87 bits per heavy atom. The third kappa shape index (κ3) is 4.36. The Bertz CT molecular complexity index is 1380. The van der Waals surface area contributed by atoms with E-state index in [1.807, 2.05) is 39.2 Å². The monoisotopic (exact) mass is 498 g/mol. The zero-order valence-corrected chi connectivity index (χ0v) is 19.7. The normalized spacial score (nSPS) is 11.1. The minimum Gasteiger partial charge on any atom is -0.493 e. The lowest BCUT2D eigenvalue weighted by Gasteiger charge is -2.14. The number of hydrogen-bond acceptors (Lipinski definition) is 6. The quantitative estimate of drug-likeness (QED) is 0.311. The highest BCUT2D eigenvalue weighted by Gasteiger charge is 2.17. The molecule has 0 amide bonds. The average molecular weight is 499 g/mol. The predicted octanol–water partition coefficient (Wildman–Crippen LogP) is 4.55. The molecule has 7 nitrogen and oxygen atoms in total. The molecule has 3 aromatic rings. The number of halogens is 1. The zero-order chi connectivity index (χ0) is 22.9. The van der Waals surface area contributed by atoms with Gasteiger partial charge in [-0.15, -0.1) is 0 Å². The molecule has 2 N–H and O–H groups in total. The van der Waals surface area contributed by atoms with Crippen molar-refractivity contribution in [3.05, 3.63) is 77.4 Å². The van der Waals surface area contributed by atoms with E-state index in [1.54, 1.807) is 18.2 Å². The largest absolute Gasteiger partial charge is 0.493 e. The van der Waals surface area contributed by atoms with E-state index in [-0.39, 0.29) is 5.56 Å². The minimum absolute atomic E-state index is 0.132. The molecule has 0 saturated carbocycles. The fourth-order valence-electron chi connectivity index (χ4n) is 3.10. The number of benzene rings is 2. The van der Waals surface area contributed by atoms with Gasteiger partial charge in [-0.2, -0.15) is 5.26 Å². The van der Waals surface area contributed by atoms with Gasteiger partial charge in [0.25, 0.3) is 5.56 Å². The minimum atomic E-state index is -0.741. The maximum atomic E-state index is 12.5. The third-order valence-electron chi connectivity index (χ3n) is 5.04. The van der Waals surface area contributed by atoms with Crippen molar-refractivity contribution >= 4 is 39.6 Å². The molecule has 1 heterocycles. The number of thioether (sulfide) groups is 1. The predicted molar refractivity (Wildman–Crippen MR) is 126 cm³/mol. The molecule has 0 aliphatic heterocycles. The van der Waals surface area contributed by atoms with Gasteiger partial charge in [-0.25, -0.2) is 9.36 Å². The highest BCUT2D eigenvalue weighted by Crippen LogP contribution is 2.30. The van der Waals surface area contributed by atoms with Gasteiger partial charge in [0, 0.05) is 15.6 Å². The van der Waals surface area contributed by atoms with Crippen molar-refractivity contribution in [3.63, 3.8) is 0 Å². The average Bonchev–Trinajstić information content (AvgIpc) is 2.71. The summed E-state index contributed by atoms with van der Waals surface area (Å²) in [5.74, 6) is -0.492. The summed E-state index contributed by atoms with van der Waals surface area (Å²) in [6.07, 6.45) is 1.24. The van der Waals surface area contributed by atoms with Crippen molar-refractivity contribution in [1.29, 1.82) is 5.26 Å². The number of aromatic amines is 1. The molecule has 3 rings (SSSR count). The number of hydrogen-bond donors (Lipinski definition) is 2. The highest BCUT2D eigenvalue weighted by molar-refractivity contribution is 9.10. The number of H-pyrrole nitrogens is 1. The smallest absolute Gasteiger partial charge is 0.335 e. The number of nitrogens with one attached hydrogen (secondary N) is 1. The summed E-state index contributed by atoms with van der Waals surface area (Å²) in [7, 11) is 0. The number of aliphatic imine (C=N–C) groups is 1. The second-order valence-corrected chi connectivity index (χ2v) is 8.69. The molecule has 0 spiro atoms. The Morgan fingerprint density at radius 3 is 2.55 bits per heavy atom. The van der Waals surface area contributed by atoms with Crippen molar-refractivity contribution in [2.24, 2.45) is 4.99 Å². The number of thiocyanates is 1. The molecular formula is C22H19BrN4O3S. The number of rotatable bonds is 4. The second kappa shape index (κ2) is 8.96. The molecule has 0 radical (unpaired) electrons. The molecule has 1 aromatic heterocycles. The molecule has 0 bridgehead atoms. The standard InChI is InChI=1S/C22H19BrN4O3S/c1-11-8-19(31-10-24)12(2)7-17(11)25-9-15-20(28)26-22(30)27(21(15)29)18-6-5-16(23)13(3)14(18)4/h5-9,29H,1-4H3,(H,26,28,30). The fourth-order valence-corrected chi connectivity index (χ4v) is 4.08. The summed E-state index contributed by atoms with van der Waals surface area (Å²) in [5, 5.41) is 21.8. The first-order valence-corrected chi connectivity index (χ1v) is 10.8. The van der Waals surface area contributed by atoms with E-state index in [0.717, 1.165) is 48.0 Å². The molecule has 0 saturated heterocycles. The molecule has 158 valence electrons. The topological polar surface area (TPSA) is 111 Å². The van der Waals surface area contributed by atoms with Crippen LogP contribution in [-0.4, -0.2) is 20.9 Å². The van der Waals surface area contributed by atoms with Crippen LogP contribution in [0, 0.1) is 38.4 Å². The Balaban J connectivity index is 2.15. The van der Waals surface area contributed by atoms with Crippen molar-refractivity contribution in [2.45, 2.75) is 32.6 Å². The Morgan fingerprint density at radius 1 is 1.16 bits per heavy atom. The molecule has 0 aliphatic carbocycles. The van der Waals surface area contributed by atoms with Gasteiger partial charge in [-0.1, -0.05) is 15.9 Å². The lowest BCUT2D eigenvalue weighted by molar-refractivity contribution is 0.430. The van der Waals surface area contributed by atoms with E-state index < -0.39 is 17.1 Å². The molecule has 9 heteroatoms.